The van der Waals surface area contributed by atoms with Crippen molar-refractivity contribution in [3.05, 3.63) is 29.3 Å². The molecule has 5 nitrogen and oxygen atoms in total. The van der Waals surface area contributed by atoms with Crippen LogP contribution in [-0.2, 0) is 10.0 Å². The molecule has 0 saturated heterocycles. The molecule has 0 fully saturated rings. The van der Waals surface area contributed by atoms with E-state index in [9.17, 15) is 17.2 Å². The Labute approximate surface area is 115 Å². The third kappa shape index (κ3) is 4.69. The normalized spacial score (nSPS) is 11.3. The van der Waals surface area contributed by atoms with Crippen molar-refractivity contribution in [3.8, 4) is 0 Å². The quantitative estimate of drug-likeness (QED) is 0.530. The lowest BCUT2D eigenvalue weighted by Crippen LogP contribution is -2.19. The maximum atomic E-state index is 13.6. The van der Waals surface area contributed by atoms with Gasteiger partial charge in [-0.3, -0.25) is 0 Å². The largest absolute Gasteiger partial charge is 0.389 e. The molecule has 0 aliphatic carbocycles. The zero-order valence-electron chi connectivity index (χ0n) is 9.82. The zero-order chi connectivity index (χ0) is 14.6. The van der Waals surface area contributed by atoms with Gasteiger partial charge in [0.15, 0.2) is 11.6 Å². The van der Waals surface area contributed by atoms with Gasteiger partial charge < -0.3 is 11.1 Å². The number of primary sulfonamides is 1. The van der Waals surface area contributed by atoms with Crippen molar-refractivity contribution >= 4 is 32.9 Å². The fourth-order valence-corrected chi connectivity index (χ4v) is 2.08. The molecule has 1 aromatic rings. The molecule has 0 bridgehead atoms. The highest BCUT2D eigenvalue weighted by atomic mass is 32.2. The average Bonchev–Trinajstić information content (AvgIpc) is 2.28. The van der Waals surface area contributed by atoms with Crippen LogP contribution in [0.15, 0.2) is 12.1 Å². The summed E-state index contributed by atoms with van der Waals surface area (Å²) in [5.41, 5.74) is 4.96. The molecular formula is C10H13F2N3O2S2. The van der Waals surface area contributed by atoms with E-state index in [1.165, 1.54) is 12.1 Å². The highest BCUT2D eigenvalue weighted by molar-refractivity contribution is 7.89. The lowest BCUT2D eigenvalue weighted by Gasteiger charge is -2.09. The van der Waals surface area contributed by atoms with Crippen LogP contribution < -0.4 is 16.2 Å². The first-order valence-electron chi connectivity index (χ1n) is 5.24. The SMILES string of the molecule is NC(=S)c1ccc(NCCCS(N)(=O)=O)c(F)c1F. The van der Waals surface area contributed by atoms with Gasteiger partial charge in [0.05, 0.1) is 11.4 Å². The Balaban J connectivity index is 2.71. The number of nitrogens with two attached hydrogens (primary N) is 2. The van der Waals surface area contributed by atoms with E-state index < -0.39 is 21.7 Å². The molecule has 0 heterocycles. The van der Waals surface area contributed by atoms with Gasteiger partial charge in [0.1, 0.15) is 4.99 Å². The molecule has 9 heteroatoms. The van der Waals surface area contributed by atoms with Crippen LogP contribution in [-0.4, -0.2) is 25.7 Å². The van der Waals surface area contributed by atoms with Gasteiger partial charge >= 0.3 is 0 Å². The molecule has 106 valence electrons. The minimum atomic E-state index is -3.56. The van der Waals surface area contributed by atoms with E-state index in [-0.39, 0.29) is 35.0 Å². The molecule has 0 amide bonds. The number of benzene rings is 1. The Kier molecular flexibility index (Phi) is 5.15. The molecule has 0 spiro atoms. The van der Waals surface area contributed by atoms with Crippen LogP contribution in [0.2, 0.25) is 0 Å². The van der Waals surface area contributed by atoms with Gasteiger partial charge in [0, 0.05) is 12.1 Å². The zero-order valence-corrected chi connectivity index (χ0v) is 11.5. The fraction of sp³-hybridized carbons (Fsp3) is 0.300. The van der Waals surface area contributed by atoms with Crippen molar-refractivity contribution < 1.29 is 17.2 Å². The predicted octanol–water partition coefficient (Wildman–Crippen LogP) is 0.690. The summed E-state index contributed by atoms with van der Waals surface area (Å²) in [6.07, 6.45) is 0.178. The third-order valence-corrected chi connectivity index (χ3v) is 3.35. The second-order valence-electron chi connectivity index (χ2n) is 3.80. The van der Waals surface area contributed by atoms with Crippen LogP contribution >= 0.6 is 12.2 Å². The van der Waals surface area contributed by atoms with Crippen molar-refractivity contribution in [3.63, 3.8) is 0 Å². The number of sulfonamides is 1. The minimum Gasteiger partial charge on any atom is -0.389 e. The summed E-state index contributed by atoms with van der Waals surface area (Å²) in [6.45, 7) is 0.138. The number of halogens is 2. The summed E-state index contributed by atoms with van der Waals surface area (Å²) in [6, 6.07) is 2.53. The van der Waals surface area contributed by atoms with Gasteiger partial charge in [-0.15, -0.1) is 0 Å². The Morgan fingerprint density at radius 3 is 2.47 bits per heavy atom. The molecule has 1 aromatic carbocycles. The summed E-state index contributed by atoms with van der Waals surface area (Å²) in [7, 11) is -3.56. The Morgan fingerprint density at radius 2 is 1.95 bits per heavy atom. The Morgan fingerprint density at radius 1 is 1.32 bits per heavy atom. The molecule has 5 N–H and O–H groups in total. The smallest absolute Gasteiger partial charge is 0.209 e. The van der Waals surface area contributed by atoms with Crippen molar-refractivity contribution in [2.75, 3.05) is 17.6 Å². The van der Waals surface area contributed by atoms with Gasteiger partial charge in [-0.1, -0.05) is 12.2 Å². The molecule has 1 rings (SSSR count). The molecular weight excluding hydrogens is 296 g/mol. The summed E-state index contributed by atoms with van der Waals surface area (Å²) in [5, 5.41) is 7.38. The van der Waals surface area contributed by atoms with Crippen LogP contribution in [0.25, 0.3) is 0 Å². The lowest BCUT2D eigenvalue weighted by atomic mass is 10.1. The Bertz CT molecular complexity index is 591. The van der Waals surface area contributed by atoms with Gasteiger partial charge in [0.25, 0.3) is 0 Å². The first-order valence-corrected chi connectivity index (χ1v) is 7.37. The lowest BCUT2D eigenvalue weighted by molar-refractivity contribution is 0.509. The van der Waals surface area contributed by atoms with Gasteiger partial charge in [-0.05, 0) is 18.6 Å². The van der Waals surface area contributed by atoms with E-state index in [1.54, 1.807) is 0 Å². The van der Waals surface area contributed by atoms with E-state index in [0.29, 0.717) is 0 Å². The van der Waals surface area contributed by atoms with Crippen LogP contribution in [0.4, 0.5) is 14.5 Å². The van der Waals surface area contributed by atoms with E-state index in [1.807, 2.05) is 0 Å². The summed E-state index contributed by atoms with van der Waals surface area (Å²) >= 11 is 4.57. The maximum absolute atomic E-state index is 13.6. The standard InChI is InChI=1S/C10H13F2N3O2S2/c11-8-6(10(13)18)2-3-7(9(8)12)15-4-1-5-19(14,16)17/h2-3,15H,1,4-5H2,(H2,13,18)(H2,14,16,17). The summed E-state index contributed by atoms with van der Waals surface area (Å²) in [4.78, 5) is -0.239. The van der Waals surface area contributed by atoms with Crippen LogP contribution in [0.3, 0.4) is 0 Å². The number of nitrogens with one attached hydrogen (secondary N) is 1. The van der Waals surface area contributed by atoms with Crippen molar-refractivity contribution in [1.82, 2.24) is 0 Å². The first-order chi connectivity index (χ1) is 8.72. The number of hydrogen-bond acceptors (Lipinski definition) is 4. The minimum absolute atomic E-state index is 0.0908. The van der Waals surface area contributed by atoms with E-state index in [4.69, 9.17) is 10.9 Å². The van der Waals surface area contributed by atoms with Gasteiger partial charge in [0.2, 0.25) is 10.0 Å². The molecule has 0 aliphatic rings. The second-order valence-corrected chi connectivity index (χ2v) is 5.97. The van der Waals surface area contributed by atoms with Gasteiger partial charge in [-0.2, -0.15) is 0 Å². The highest BCUT2D eigenvalue weighted by Gasteiger charge is 2.14. The molecule has 0 aromatic heterocycles. The molecule has 0 unspecified atom stereocenters. The molecule has 0 aliphatic heterocycles. The van der Waals surface area contributed by atoms with Crippen molar-refractivity contribution in [2.45, 2.75) is 6.42 Å². The second kappa shape index (κ2) is 6.22. The monoisotopic (exact) mass is 309 g/mol. The summed E-state index contributed by atoms with van der Waals surface area (Å²) < 4.78 is 48.4. The number of rotatable bonds is 6. The number of hydrogen-bond donors (Lipinski definition) is 3. The Hall–Kier alpha value is -1.32. The average molecular weight is 309 g/mol. The van der Waals surface area contributed by atoms with Crippen LogP contribution in [0, 0.1) is 11.6 Å². The highest BCUT2D eigenvalue weighted by Crippen LogP contribution is 2.20. The third-order valence-electron chi connectivity index (χ3n) is 2.27. The number of thiocarbonyl (C=S) groups is 1. The maximum Gasteiger partial charge on any atom is 0.209 e. The van der Waals surface area contributed by atoms with Gasteiger partial charge in [-0.25, -0.2) is 22.3 Å². The number of anilines is 1. The van der Waals surface area contributed by atoms with Crippen LogP contribution in [0.5, 0.6) is 0 Å². The van der Waals surface area contributed by atoms with E-state index in [0.717, 1.165) is 0 Å². The van der Waals surface area contributed by atoms with Crippen molar-refractivity contribution in [2.24, 2.45) is 10.9 Å². The molecule has 0 atom stereocenters. The first kappa shape index (κ1) is 15.7. The molecule has 0 saturated carbocycles. The van der Waals surface area contributed by atoms with Crippen LogP contribution in [0.1, 0.15) is 12.0 Å². The van der Waals surface area contributed by atoms with E-state index >= 15 is 0 Å². The molecule has 19 heavy (non-hydrogen) atoms. The predicted molar refractivity (Wildman–Crippen MR) is 73.3 cm³/mol. The summed E-state index contributed by atoms with van der Waals surface area (Å²) in [5.74, 6) is -2.49. The molecule has 0 radical (unpaired) electrons. The topological polar surface area (TPSA) is 98.2 Å². The van der Waals surface area contributed by atoms with Crippen molar-refractivity contribution in [1.29, 1.82) is 0 Å². The van der Waals surface area contributed by atoms with E-state index in [2.05, 4.69) is 17.5 Å². The fourth-order valence-electron chi connectivity index (χ4n) is 1.37.